The van der Waals surface area contributed by atoms with E-state index in [1.54, 1.807) is 0 Å². The molecule has 3 nitrogen and oxygen atoms in total. The fourth-order valence-electron chi connectivity index (χ4n) is 2.40. The van der Waals surface area contributed by atoms with E-state index >= 15 is 0 Å². The minimum Gasteiger partial charge on any atom is -0.314 e. The van der Waals surface area contributed by atoms with Gasteiger partial charge in [-0.1, -0.05) is 13.8 Å². The molecule has 1 N–H and O–H groups in total. The molecular formula is C15H27N3. The highest BCUT2D eigenvalue weighted by molar-refractivity contribution is 4.99. The molecule has 3 heteroatoms. The van der Waals surface area contributed by atoms with Gasteiger partial charge in [-0.05, 0) is 57.6 Å². The van der Waals surface area contributed by atoms with Crippen molar-refractivity contribution < 1.29 is 0 Å². The Morgan fingerprint density at radius 2 is 2.11 bits per heavy atom. The van der Waals surface area contributed by atoms with Gasteiger partial charge < -0.3 is 5.32 Å². The Bertz CT molecular complexity index is 337. The normalized spacial score (nSPS) is 15.5. The maximum atomic E-state index is 4.69. The molecule has 1 fully saturated rings. The summed E-state index contributed by atoms with van der Waals surface area (Å²) in [5, 5.41) is 8.25. The number of aryl methyl sites for hydroxylation is 1. The monoisotopic (exact) mass is 249 g/mol. The zero-order valence-corrected chi connectivity index (χ0v) is 11.9. The van der Waals surface area contributed by atoms with E-state index < -0.39 is 0 Å². The Morgan fingerprint density at radius 1 is 1.33 bits per heavy atom. The zero-order valence-electron chi connectivity index (χ0n) is 11.9. The van der Waals surface area contributed by atoms with E-state index in [2.05, 4.69) is 36.1 Å². The molecule has 1 aromatic rings. The topological polar surface area (TPSA) is 29.9 Å². The molecule has 1 aromatic heterocycles. The largest absolute Gasteiger partial charge is 0.314 e. The van der Waals surface area contributed by atoms with E-state index in [0.29, 0.717) is 6.04 Å². The SMILES string of the molecule is CCC(CC)n1ccc(CCCCNC2CC2)n1. The number of hydrogen-bond acceptors (Lipinski definition) is 2. The van der Waals surface area contributed by atoms with Gasteiger partial charge in [0.1, 0.15) is 0 Å². The van der Waals surface area contributed by atoms with Gasteiger partial charge in [0.05, 0.1) is 11.7 Å². The summed E-state index contributed by atoms with van der Waals surface area (Å²) >= 11 is 0. The number of aromatic nitrogens is 2. The van der Waals surface area contributed by atoms with Gasteiger partial charge in [0, 0.05) is 12.2 Å². The molecule has 1 aliphatic rings. The molecule has 0 saturated heterocycles. The fraction of sp³-hybridized carbons (Fsp3) is 0.800. The second-order valence-electron chi connectivity index (χ2n) is 5.44. The van der Waals surface area contributed by atoms with Crippen LogP contribution >= 0.6 is 0 Å². The maximum absolute atomic E-state index is 4.69. The van der Waals surface area contributed by atoms with Crippen LogP contribution in [0.2, 0.25) is 0 Å². The van der Waals surface area contributed by atoms with E-state index in [1.165, 1.54) is 50.8 Å². The molecule has 18 heavy (non-hydrogen) atoms. The molecule has 0 unspecified atom stereocenters. The van der Waals surface area contributed by atoms with Crippen LogP contribution in [0.5, 0.6) is 0 Å². The van der Waals surface area contributed by atoms with Crippen LogP contribution in [-0.2, 0) is 6.42 Å². The van der Waals surface area contributed by atoms with Crippen molar-refractivity contribution >= 4 is 0 Å². The fourth-order valence-corrected chi connectivity index (χ4v) is 2.40. The first-order valence-corrected chi connectivity index (χ1v) is 7.61. The first kappa shape index (κ1) is 13.6. The lowest BCUT2D eigenvalue weighted by atomic mass is 10.2. The van der Waals surface area contributed by atoms with Crippen molar-refractivity contribution in [2.75, 3.05) is 6.54 Å². The van der Waals surface area contributed by atoms with Gasteiger partial charge >= 0.3 is 0 Å². The molecular weight excluding hydrogens is 222 g/mol. The minimum atomic E-state index is 0.579. The highest BCUT2D eigenvalue weighted by atomic mass is 15.3. The Hall–Kier alpha value is -0.830. The van der Waals surface area contributed by atoms with Gasteiger partial charge in [0.25, 0.3) is 0 Å². The molecule has 1 saturated carbocycles. The van der Waals surface area contributed by atoms with Gasteiger partial charge in [-0.25, -0.2) is 0 Å². The first-order valence-electron chi connectivity index (χ1n) is 7.61. The summed E-state index contributed by atoms with van der Waals surface area (Å²) in [5.41, 5.74) is 1.26. The van der Waals surface area contributed by atoms with Crippen molar-refractivity contribution in [3.8, 4) is 0 Å². The quantitative estimate of drug-likeness (QED) is 0.680. The van der Waals surface area contributed by atoms with Gasteiger partial charge in [0.2, 0.25) is 0 Å². The number of rotatable bonds is 9. The van der Waals surface area contributed by atoms with Crippen LogP contribution in [0.1, 0.15) is 64.1 Å². The van der Waals surface area contributed by atoms with Crippen LogP contribution in [0.4, 0.5) is 0 Å². The molecule has 1 heterocycles. The number of nitrogens with zero attached hydrogens (tertiary/aromatic N) is 2. The van der Waals surface area contributed by atoms with Crippen molar-refractivity contribution in [3.63, 3.8) is 0 Å². The number of hydrogen-bond donors (Lipinski definition) is 1. The van der Waals surface area contributed by atoms with Crippen LogP contribution in [0, 0.1) is 0 Å². The van der Waals surface area contributed by atoms with Crippen LogP contribution in [0.3, 0.4) is 0 Å². The van der Waals surface area contributed by atoms with Crippen molar-refractivity contribution in [1.29, 1.82) is 0 Å². The van der Waals surface area contributed by atoms with E-state index in [4.69, 9.17) is 5.10 Å². The molecule has 0 amide bonds. The van der Waals surface area contributed by atoms with E-state index in [-0.39, 0.29) is 0 Å². The molecule has 0 radical (unpaired) electrons. The standard InChI is InChI=1S/C15H27N3/c1-3-15(4-2)18-12-10-14(17-18)7-5-6-11-16-13-8-9-13/h10,12-13,15-16H,3-9,11H2,1-2H3. The highest BCUT2D eigenvalue weighted by Gasteiger charge is 2.19. The zero-order chi connectivity index (χ0) is 12.8. The summed E-state index contributed by atoms with van der Waals surface area (Å²) in [6.45, 7) is 5.65. The summed E-state index contributed by atoms with van der Waals surface area (Å²) in [6.07, 6.45) is 10.9. The van der Waals surface area contributed by atoms with Gasteiger partial charge in [-0.3, -0.25) is 4.68 Å². The third-order valence-corrected chi connectivity index (χ3v) is 3.85. The number of nitrogens with one attached hydrogen (secondary N) is 1. The Labute approximate surface area is 111 Å². The van der Waals surface area contributed by atoms with Crippen molar-refractivity contribution in [2.24, 2.45) is 0 Å². The van der Waals surface area contributed by atoms with E-state index in [9.17, 15) is 0 Å². The Morgan fingerprint density at radius 3 is 2.78 bits per heavy atom. The predicted octanol–water partition coefficient (Wildman–Crippen LogP) is 3.32. The van der Waals surface area contributed by atoms with Gasteiger partial charge in [-0.2, -0.15) is 5.10 Å². The Kier molecular flexibility index (Phi) is 5.24. The van der Waals surface area contributed by atoms with E-state index in [1.807, 2.05) is 0 Å². The van der Waals surface area contributed by atoms with Crippen LogP contribution < -0.4 is 5.32 Å². The minimum absolute atomic E-state index is 0.579. The molecule has 2 rings (SSSR count). The average Bonchev–Trinajstić information content (AvgIpc) is 3.09. The second kappa shape index (κ2) is 6.93. The lowest BCUT2D eigenvalue weighted by Gasteiger charge is -2.12. The third-order valence-electron chi connectivity index (χ3n) is 3.85. The van der Waals surface area contributed by atoms with Gasteiger partial charge in [0.15, 0.2) is 0 Å². The summed E-state index contributed by atoms with van der Waals surface area (Å²) < 4.78 is 2.15. The molecule has 0 aliphatic heterocycles. The highest BCUT2D eigenvalue weighted by Crippen LogP contribution is 2.18. The molecule has 0 aromatic carbocycles. The van der Waals surface area contributed by atoms with Crippen molar-refractivity contribution in [3.05, 3.63) is 18.0 Å². The van der Waals surface area contributed by atoms with Crippen molar-refractivity contribution in [1.82, 2.24) is 15.1 Å². The summed E-state index contributed by atoms with van der Waals surface area (Å²) in [6, 6.07) is 3.61. The van der Waals surface area contributed by atoms with Crippen molar-refractivity contribution in [2.45, 2.75) is 70.9 Å². The molecule has 0 spiro atoms. The molecule has 102 valence electrons. The molecule has 0 atom stereocenters. The average molecular weight is 249 g/mol. The molecule has 0 bridgehead atoms. The number of unbranched alkanes of at least 4 members (excludes halogenated alkanes) is 1. The smallest absolute Gasteiger partial charge is 0.0624 e. The summed E-state index contributed by atoms with van der Waals surface area (Å²) in [5.74, 6) is 0. The summed E-state index contributed by atoms with van der Waals surface area (Å²) in [7, 11) is 0. The lowest BCUT2D eigenvalue weighted by Crippen LogP contribution is -2.17. The molecule has 1 aliphatic carbocycles. The predicted molar refractivity (Wildman–Crippen MR) is 75.8 cm³/mol. The van der Waals surface area contributed by atoms with E-state index in [0.717, 1.165) is 12.5 Å². The van der Waals surface area contributed by atoms with Gasteiger partial charge in [-0.15, -0.1) is 0 Å². The van der Waals surface area contributed by atoms with Crippen LogP contribution in [-0.4, -0.2) is 22.4 Å². The first-order chi connectivity index (χ1) is 8.83. The van der Waals surface area contributed by atoms with Crippen LogP contribution in [0.15, 0.2) is 12.3 Å². The Balaban J connectivity index is 1.65. The summed E-state index contributed by atoms with van der Waals surface area (Å²) in [4.78, 5) is 0. The second-order valence-corrected chi connectivity index (χ2v) is 5.44. The third kappa shape index (κ3) is 4.13. The lowest BCUT2D eigenvalue weighted by molar-refractivity contribution is 0.425. The maximum Gasteiger partial charge on any atom is 0.0624 e. The van der Waals surface area contributed by atoms with Crippen LogP contribution in [0.25, 0.3) is 0 Å².